The van der Waals surface area contributed by atoms with Crippen LogP contribution in [0.3, 0.4) is 0 Å². The van der Waals surface area contributed by atoms with Crippen LogP contribution in [0.4, 0.5) is 0 Å². The van der Waals surface area contributed by atoms with Crippen molar-refractivity contribution in [2.45, 2.75) is 64.0 Å². The molecule has 0 radical (unpaired) electrons. The van der Waals surface area contributed by atoms with Crippen molar-refractivity contribution in [2.75, 3.05) is 13.7 Å². The lowest BCUT2D eigenvalue weighted by Crippen LogP contribution is -2.53. The Balaban J connectivity index is 1.56. The molecule has 2 fully saturated rings. The Morgan fingerprint density at radius 3 is 2.50 bits per heavy atom. The van der Waals surface area contributed by atoms with E-state index < -0.39 is 42.1 Å². The van der Waals surface area contributed by atoms with Crippen LogP contribution in [0.1, 0.15) is 38.7 Å². The molecule has 2 saturated heterocycles. The molecule has 0 aliphatic carbocycles. The fourth-order valence-corrected chi connectivity index (χ4v) is 3.86. The molecular weight excluding hydrogens is 416 g/mol. The number of nitrogens with one attached hydrogen (secondary N) is 1. The molecule has 0 spiro atoms. The third kappa shape index (κ3) is 5.85. The van der Waals surface area contributed by atoms with E-state index in [1.165, 1.54) is 12.0 Å². The van der Waals surface area contributed by atoms with Gasteiger partial charge in [-0.3, -0.25) is 9.59 Å². The summed E-state index contributed by atoms with van der Waals surface area (Å²) in [4.78, 5) is 51.5. The number of amides is 2. The zero-order valence-corrected chi connectivity index (χ0v) is 18.6. The topological polar surface area (TPSA) is 115 Å². The molecule has 0 saturated carbocycles. The second kappa shape index (κ2) is 10.6. The minimum Gasteiger partial charge on any atom is -0.467 e. The van der Waals surface area contributed by atoms with E-state index in [2.05, 4.69) is 5.32 Å². The molecule has 9 heteroatoms. The summed E-state index contributed by atoms with van der Waals surface area (Å²) in [6, 6.07) is 7.73. The van der Waals surface area contributed by atoms with Gasteiger partial charge < -0.3 is 24.4 Å². The van der Waals surface area contributed by atoms with Crippen LogP contribution in [0.25, 0.3) is 0 Å². The van der Waals surface area contributed by atoms with E-state index in [0.29, 0.717) is 25.8 Å². The quantitative estimate of drug-likeness (QED) is 0.448. The van der Waals surface area contributed by atoms with Crippen LogP contribution in [0.15, 0.2) is 30.3 Å². The van der Waals surface area contributed by atoms with Crippen LogP contribution in [-0.2, 0) is 40.0 Å². The number of carbonyl (C=O) groups excluding carboxylic acids is 4. The Hall–Kier alpha value is -2.94. The molecule has 1 aromatic carbocycles. The Kier molecular flexibility index (Phi) is 7.84. The van der Waals surface area contributed by atoms with Gasteiger partial charge in [-0.05, 0) is 30.7 Å². The first kappa shape index (κ1) is 23.7. The maximum absolute atomic E-state index is 13.1. The number of methoxy groups -OCH3 is 1. The first-order valence-electron chi connectivity index (χ1n) is 10.9. The molecule has 1 aromatic rings. The molecule has 0 unspecified atom stereocenters. The van der Waals surface area contributed by atoms with Crippen LogP contribution in [-0.4, -0.2) is 66.6 Å². The number of nitrogens with zero attached hydrogens (tertiary/aromatic N) is 1. The van der Waals surface area contributed by atoms with Crippen molar-refractivity contribution in [3.63, 3.8) is 0 Å². The van der Waals surface area contributed by atoms with Crippen molar-refractivity contribution >= 4 is 23.8 Å². The zero-order valence-electron chi connectivity index (χ0n) is 18.6. The van der Waals surface area contributed by atoms with E-state index in [1.807, 2.05) is 44.2 Å². The largest absolute Gasteiger partial charge is 0.467 e. The van der Waals surface area contributed by atoms with Gasteiger partial charge in [0.1, 0.15) is 18.7 Å². The van der Waals surface area contributed by atoms with Crippen molar-refractivity contribution in [2.24, 2.45) is 5.92 Å². The van der Waals surface area contributed by atoms with Gasteiger partial charge in [0.25, 0.3) is 5.91 Å². The molecule has 0 bridgehead atoms. The number of epoxide rings is 1. The normalized spacial score (nSPS) is 22.9. The van der Waals surface area contributed by atoms with E-state index in [4.69, 9.17) is 14.2 Å². The standard InChI is InChI=1S/C23H30N2O7/c1-14(2)12-16(21(27)25-11-7-10-17(25)22(28)30-3)24-20(26)18-19(32-18)23(29)31-13-15-8-5-4-6-9-15/h4-6,8-9,14,16-19H,7,10-13H2,1-3H3,(H,24,26)/t16-,17-,18-,19-/m0/s1. The minimum absolute atomic E-state index is 0.0895. The van der Waals surface area contributed by atoms with Crippen LogP contribution in [0.5, 0.6) is 0 Å². The summed E-state index contributed by atoms with van der Waals surface area (Å²) in [5.74, 6) is -1.83. The molecule has 2 heterocycles. The number of esters is 2. The van der Waals surface area contributed by atoms with Crippen LogP contribution in [0.2, 0.25) is 0 Å². The number of rotatable bonds is 9. The van der Waals surface area contributed by atoms with E-state index >= 15 is 0 Å². The summed E-state index contributed by atoms with van der Waals surface area (Å²) < 4.78 is 15.3. The Labute approximate surface area is 187 Å². The Morgan fingerprint density at radius 1 is 1.12 bits per heavy atom. The first-order chi connectivity index (χ1) is 15.3. The lowest BCUT2D eigenvalue weighted by molar-refractivity contribution is -0.152. The number of likely N-dealkylation sites (tertiary alicyclic amines) is 1. The number of hydrogen-bond donors (Lipinski definition) is 1. The summed E-state index contributed by atoms with van der Waals surface area (Å²) >= 11 is 0. The van der Waals surface area contributed by atoms with Crippen LogP contribution < -0.4 is 5.32 Å². The van der Waals surface area contributed by atoms with Gasteiger partial charge in [0.05, 0.1) is 7.11 Å². The molecule has 3 rings (SSSR count). The maximum atomic E-state index is 13.1. The van der Waals surface area contributed by atoms with Crippen molar-refractivity contribution in [3.05, 3.63) is 35.9 Å². The van der Waals surface area contributed by atoms with Gasteiger partial charge in [-0.2, -0.15) is 0 Å². The summed E-state index contributed by atoms with van der Waals surface area (Å²) in [7, 11) is 1.29. The molecule has 32 heavy (non-hydrogen) atoms. The van der Waals surface area contributed by atoms with Crippen LogP contribution >= 0.6 is 0 Å². The molecule has 9 nitrogen and oxygen atoms in total. The Morgan fingerprint density at radius 2 is 1.84 bits per heavy atom. The smallest absolute Gasteiger partial charge is 0.338 e. The molecule has 2 aliphatic heterocycles. The average Bonchev–Trinajstić information content (AvgIpc) is 3.45. The SMILES string of the molecule is COC(=O)[C@@H]1CCCN1C(=O)[C@H](CC(C)C)NC(=O)[C@H]1O[C@@H]1C(=O)OCc1ccccc1. The summed E-state index contributed by atoms with van der Waals surface area (Å²) in [6.45, 7) is 4.39. The predicted molar refractivity (Wildman–Crippen MR) is 113 cm³/mol. The van der Waals surface area contributed by atoms with Gasteiger partial charge >= 0.3 is 11.9 Å². The molecule has 1 N–H and O–H groups in total. The van der Waals surface area contributed by atoms with Gasteiger partial charge in [0.2, 0.25) is 5.91 Å². The molecule has 2 amide bonds. The number of carbonyl (C=O) groups is 4. The molecule has 2 aliphatic rings. The second-order valence-corrected chi connectivity index (χ2v) is 8.47. The van der Waals surface area contributed by atoms with Crippen molar-refractivity contribution in [1.29, 1.82) is 0 Å². The zero-order chi connectivity index (χ0) is 23.3. The van der Waals surface area contributed by atoms with Gasteiger partial charge in [0.15, 0.2) is 12.2 Å². The van der Waals surface area contributed by atoms with Gasteiger partial charge in [0, 0.05) is 6.54 Å². The lowest BCUT2D eigenvalue weighted by atomic mass is 10.0. The van der Waals surface area contributed by atoms with Crippen molar-refractivity contribution in [1.82, 2.24) is 10.2 Å². The minimum atomic E-state index is -0.990. The van der Waals surface area contributed by atoms with Gasteiger partial charge in [-0.1, -0.05) is 44.2 Å². The van der Waals surface area contributed by atoms with E-state index in [-0.39, 0.29) is 18.4 Å². The maximum Gasteiger partial charge on any atom is 0.338 e. The van der Waals surface area contributed by atoms with Crippen molar-refractivity contribution < 1.29 is 33.4 Å². The predicted octanol–water partition coefficient (Wildman–Crippen LogP) is 1.19. The van der Waals surface area contributed by atoms with Gasteiger partial charge in [-0.15, -0.1) is 0 Å². The summed E-state index contributed by atoms with van der Waals surface area (Å²) in [5.41, 5.74) is 0.830. The van der Waals surface area contributed by atoms with Gasteiger partial charge in [-0.25, -0.2) is 9.59 Å². The first-order valence-corrected chi connectivity index (χ1v) is 10.9. The van der Waals surface area contributed by atoms with Crippen LogP contribution in [0, 0.1) is 5.92 Å². The molecule has 0 aromatic heterocycles. The molecular formula is C23H30N2O7. The van der Waals surface area contributed by atoms with E-state index in [0.717, 1.165) is 5.56 Å². The summed E-state index contributed by atoms with van der Waals surface area (Å²) in [6.07, 6.45) is -0.361. The van der Waals surface area contributed by atoms with E-state index in [1.54, 1.807) is 0 Å². The summed E-state index contributed by atoms with van der Waals surface area (Å²) in [5, 5.41) is 2.71. The Bertz CT molecular complexity index is 842. The number of hydrogen-bond acceptors (Lipinski definition) is 7. The highest BCUT2D eigenvalue weighted by atomic mass is 16.6. The second-order valence-electron chi connectivity index (χ2n) is 8.47. The number of benzene rings is 1. The number of ether oxygens (including phenoxy) is 3. The molecule has 174 valence electrons. The third-order valence-corrected chi connectivity index (χ3v) is 5.54. The van der Waals surface area contributed by atoms with E-state index in [9.17, 15) is 19.2 Å². The van der Waals surface area contributed by atoms with Crippen molar-refractivity contribution in [3.8, 4) is 0 Å². The lowest BCUT2D eigenvalue weighted by Gasteiger charge is -2.28. The third-order valence-electron chi connectivity index (χ3n) is 5.54. The average molecular weight is 447 g/mol. The fourth-order valence-electron chi connectivity index (χ4n) is 3.86. The monoisotopic (exact) mass is 446 g/mol. The highest BCUT2D eigenvalue weighted by molar-refractivity contribution is 5.96. The fraction of sp³-hybridized carbons (Fsp3) is 0.565. The molecule has 4 atom stereocenters. The highest BCUT2D eigenvalue weighted by Gasteiger charge is 2.52. The highest BCUT2D eigenvalue weighted by Crippen LogP contribution is 2.26.